The number of carboxylic acids is 1. The summed E-state index contributed by atoms with van der Waals surface area (Å²) >= 11 is 0. The third-order valence-corrected chi connectivity index (χ3v) is 2.86. The molecule has 5 heteroatoms. The molecule has 2 rings (SSSR count). The Labute approximate surface area is 117 Å². The van der Waals surface area contributed by atoms with Crippen molar-refractivity contribution in [3.8, 4) is 17.0 Å². The molecule has 1 heterocycles. The SMILES string of the molecule is Cc1cc(-c2nc[nH]c2CC(=O)O)ccc1OC(C)C. The van der Waals surface area contributed by atoms with Gasteiger partial charge in [0, 0.05) is 5.56 Å². The number of carbonyl (C=O) groups is 1. The lowest BCUT2D eigenvalue weighted by molar-refractivity contribution is -0.136. The maximum absolute atomic E-state index is 10.8. The van der Waals surface area contributed by atoms with E-state index in [9.17, 15) is 4.79 Å². The Balaban J connectivity index is 2.32. The van der Waals surface area contributed by atoms with Crippen molar-refractivity contribution in [1.82, 2.24) is 9.97 Å². The second-order valence-corrected chi connectivity index (χ2v) is 4.95. The molecule has 106 valence electrons. The Kier molecular flexibility index (Phi) is 4.08. The molecule has 0 radical (unpaired) electrons. The van der Waals surface area contributed by atoms with Gasteiger partial charge in [0.2, 0.25) is 0 Å². The molecule has 1 aromatic heterocycles. The number of hydrogen-bond donors (Lipinski definition) is 2. The third-order valence-electron chi connectivity index (χ3n) is 2.86. The van der Waals surface area contributed by atoms with Crippen LogP contribution in [0.3, 0.4) is 0 Å². The van der Waals surface area contributed by atoms with E-state index in [0.29, 0.717) is 11.4 Å². The number of aromatic nitrogens is 2. The predicted molar refractivity (Wildman–Crippen MR) is 75.9 cm³/mol. The minimum absolute atomic E-state index is 0.0708. The monoisotopic (exact) mass is 274 g/mol. The highest BCUT2D eigenvalue weighted by Crippen LogP contribution is 2.27. The molecule has 0 bridgehead atoms. The van der Waals surface area contributed by atoms with Gasteiger partial charge in [0.25, 0.3) is 0 Å². The molecular formula is C15H18N2O3. The summed E-state index contributed by atoms with van der Waals surface area (Å²) in [6, 6.07) is 5.75. The van der Waals surface area contributed by atoms with Crippen molar-refractivity contribution in [3.63, 3.8) is 0 Å². The molecule has 20 heavy (non-hydrogen) atoms. The molecule has 0 saturated heterocycles. The lowest BCUT2D eigenvalue weighted by atomic mass is 10.1. The summed E-state index contributed by atoms with van der Waals surface area (Å²) in [6.45, 7) is 5.92. The van der Waals surface area contributed by atoms with Gasteiger partial charge in [-0.1, -0.05) is 0 Å². The quantitative estimate of drug-likeness (QED) is 0.879. The average molecular weight is 274 g/mol. The van der Waals surface area contributed by atoms with Crippen LogP contribution in [-0.4, -0.2) is 27.1 Å². The fourth-order valence-corrected chi connectivity index (χ4v) is 2.04. The van der Waals surface area contributed by atoms with Gasteiger partial charge in [-0.15, -0.1) is 0 Å². The Morgan fingerprint density at radius 2 is 2.20 bits per heavy atom. The van der Waals surface area contributed by atoms with Crippen molar-refractivity contribution in [2.45, 2.75) is 33.3 Å². The second-order valence-electron chi connectivity index (χ2n) is 4.95. The molecule has 2 N–H and O–H groups in total. The van der Waals surface area contributed by atoms with E-state index in [2.05, 4.69) is 9.97 Å². The molecule has 0 aliphatic rings. The van der Waals surface area contributed by atoms with E-state index in [1.807, 2.05) is 39.0 Å². The average Bonchev–Trinajstić information content (AvgIpc) is 2.78. The summed E-state index contributed by atoms with van der Waals surface area (Å²) in [5.74, 6) is -0.0500. The van der Waals surface area contributed by atoms with E-state index < -0.39 is 5.97 Å². The van der Waals surface area contributed by atoms with E-state index >= 15 is 0 Å². The number of benzene rings is 1. The zero-order chi connectivity index (χ0) is 14.7. The minimum atomic E-state index is -0.882. The Morgan fingerprint density at radius 1 is 1.45 bits per heavy atom. The van der Waals surface area contributed by atoms with Crippen molar-refractivity contribution in [3.05, 3.63) is 35.8 Å². The predicted octanol–water partition coefficient (Wildman–Crippen LogP) is 2.80. The highest BCUT2D eigenvalue weighted by molar-refractivity contribution is 5.74. The largest absolute Gasteiger partial charge is 0.491 e. The third kappa shape index (κ3) is 3.17. The number of imidazole rings is 1. The summed E-state index contributed by atoms with van der Waals surface area (Å²) in [4.78, 5) is 17.9. The molecule has 5 nitrogen and oxygen atoms in total. The van der Waals surface area contributed by atoms with Gasteiger partial charge in [-0.3, -0.25) is 4.79 Å². The van der Waals surface area contributed by atoms with Crippen LogP contribution in [0.5, 0.6) is 5.75 Å². The van der Waals surface area contributed by atoms with Gasteiger partial charge in [0.15, 0.2) is 0 Å². The molecule has 0 atom stereocenters. The zero-order valence-corrected chi connectivity index (χ0v) is 11.8. The molecule has 1 aromatic carbocycles. The van der Waals surface area contributed by atoms with E-state index in [1.54, 1.807) is 0 Å². The van der Waals surface area contributed by atoms with E-state index in [-0.39, 0.29) is 12.5 Å². The maximum atomic E-state index is 10.8. The van der Waals surface area contributed by atoms with Crippen LogP contribution in [0.1, 0.15) is 25.1 Å². The van der Waals surface area contributed by atoms with Crippen LogP contribution in [0.25, 0.3) is 11.3 Å². The van der Waals surface area contributed by atoms with Gasteiger partial charge < -0.3 is 14.8 Å². The van der Waals surface area contributed by atoms with Gasteiger partial charge in [-0.25, -0.2) is 4.98 Å². The van der Waals surface area contributed by atoms with Crippen LogP contribution in [0, 0.1) is 6.92 Å². The van der Waals surface area contributed by atoms with E-state index in [4.69, 9.17) is 9.84 Å². The Bertz CT molecular complexity index is 617. The molecule has 0 fully saturated rings. The number of aliphatic carboxylic acids is 1. The molecule has 0 spiro atoms. The van der Waals surface area contributed by atoms with Crippen molar-refractivity contribution in [2.24, 2.45) is 0 Å². The van der Waals surface area contributed by atoms with Crippen molar-refractivity contribution in [2.75, 3.05) is 0 Å². The number of aryl methyl sites for hydroxylation is 1. The van der Waals surface area contributed by atoms with Crippen molar-refractivity contribution < 1.29 is 14.6 Å². The number of aromatic amines is 1. The van der Waals surface area contributed by atoms with Crippen LogP contribution in [0.15, 0.2) is 24.5 Å². The summed E-state index contributed by atoms with van der Waals surface area (Å²) in [5, 5.41) is 8.89. The van der Waals surface area contributed by atoms with Gasteiger partial charge in [-0.05, 0) is 44.5 Å². The molecule has 0 unspecified atom stereocenters. The first-order chi connectivity index (χ1) is 9.47. The number of H-pyrrole nitrogens is 1. The van der Waals surface area contributed by atoms with Crippen molar-refractivity contribution in [1.29, 1.82) is 0 Å². The number of ether oxygens (including phenoxy) is 1. The van der Waals surface area contributed by atoms with Crippen LogP contribution in [-0.2, 0) is 11.2 Å². The fraction of sp³-hybridized carbons (Fsp3) is 0.333. The molecule has 0 saturated carbocycles. The summed E-state index contributed by atoms with van der Waals surface area (Å²) < 4.78 is 5.69. The second kappa shape index (κ2) is 5.77. The first-order valence-electron chi connectivity index (χ1n) is 6.49. The van der Waals surface area contributed by atoms with Gasteiger partial charge in [-0.2, -0.15) is 0 Å². The highest BCUT2D eigenvalue weighted by Gasteiger charge is 2.13. The lowest BCUT2D eigenvalue weighted by Gasteiger charge is -2.13. The Morgan fingerprint density at radius 3 is 2.80 bits per heavy atom. The molecular weight excluding hydrogens is 256 g/mol. The first kappa shape index (κ1) is 14.1. The summed E-state index contributed by atoms with van der Waals surface area (Å²) in [5.41, 5.74) is 3.16. The van der Waals surface area contributed by atoms with Crippen LogP contribution >= 0.6 is 0 Å². The van der Waals surface area contributed by atoms with Crippen molar-refractivity contribution >= 4 is 5.97 Å². The lowest BCUT2D eigenvalue weighted by Crippen LogP contribution is -2.06. The molecule has 0 aliphatic heterocycles. The first-order valence-corrected chi connectivity index (χ1v) is 6.49. The van der Waals surface area contributed by atoms with E-state index in [0.717, 1.165) is 16.9 Å². The normalized spacial score (nSPS) is 10.8. The minimum Gasteiger partial charge on any atom is -0.491 e. The zero-order valence-electron chi connectivity index (χ0n) is 11.8. The molecule has 2 aromatic rings. The van der Waals surface area contributed by atoms with Crippen LogP contribution in [0.2, 0.25) is 0 Å². The van der Waals surface area contributed by atoms with Gasteiger partial charge >= 0.3 is 5.97 Å². The number of rotatable bonds is 5. The van der Waals surface area contributed by atoms with E-state index in [1.165, 1.54) is 6.33 Å². The fourth-order valence-electron chi connectivity index (χ4n) is 2.04. The number of carboxylic acid groups (broad SMARTS) is 1. The summed E-state index contributed by atoms with van der Waals surface area (Å²) in [7, 11) is 0. The maximum Gasteiger partial charge on any atom is 0.309 e. The van der Waals surface area contributed by atoms with Crippen LogP contribution < -0.4 is 4.74 Å². The number of nitrogens with zero attached hydrogens (tertiary/aromatic N) is 1. The summed E-state index contributed by atoms with van der Waals surface area (Å²) in [6.07, 6.45) is 1.56. The number of nitrogens with one attached hydrogen (secondary N) is 1. The number of hydrogen-bond acceptors (Lipinski definition) is 3. The van der Waals surface area contributed by atoms with Gasteiger partial charge in [0.1, 0.15) is 5.75 Å². The standard InChI is InChI=1S/C15H18N2O3/c1-9(2)20-13-5-4-11(6-10(13)3)15-12(7-14(18)19)16-8-17-15/h4-6,8-9H,7H2,1-3H3,(H,16,17)(H,18,19). The Hall–Kier alpha value is -2.30. The highest BCUT2D eigenvalue weighted by atomic mass is 16.5. The van der Waals surface area contributed by atoms with Gasteiger partial charge in [0.05, 0.1) is 30.2 Å². The topological polar surface area (TPSA) is 75.2 Å². The molecule has 0 aliphatic carbocycles. The smallest absolute Gasteiger partial charge is 0.309 e. The van der Waals surface area contributed by atoms with Crippen LogP contribution in [0.4, 0.5) is 0 Å². The molecule has 0 amide bonds.